The van der Waals surface area contributed by atoms with Gasteiger partial charge in [-0.25, -0.2) is 0 Å². The molecule has 0 bridgehead atoms. The normalized spacial score (nSPS) is 12.4. The van der Waals surface area contributed by atoms with Crippen LogP contribution in [-0.4, -0.2) is 29.8 Å². The average Bonchev–Trinajstić information content (AvgIpc) is 2.80. The molecule has 32 heavy (non-hydrogen) atoms. The number of rotatable bonds is 9. The number of benzene rings is 2. The van der Waals surface area contributed by atoms with Gasteiger partial charge in [-0.15, -0.1) is 0 Å². The second-order valence-corrected chi connectivity index (χ2v) is 7.60. The number of primary amides is 1. The Bertz CT molecular complexity index is 1070. The SMILES string of the molecule is CC(NC(=O)C(Cc1ccccc1)NC(=O)c1ccc[n+](Cc2ccccc2)c1)C(N)=O. The van der Waals surface area contributed by atoms with Gasteiger partial charge in [0.15, 0.2) is 18.9 Å². The first-order valence-electron chi connectivity index (χ1n) is 10.4. The van der Waals surface area contributed by atoms with Crippen LogP contribution in [0.4, 0.5) is 0 Å². The molecule has 4 N–H and O–H groups in total. The van der Waals surface area contributed by atoms with Crippen molar-refractivity contribution in [3.05, 3.63) is 102 Å². The van der Waals surface area contributed by atoms with Gasteiger partial charge in [0, 0.05) is 18.1 Å². The maximum absolute atomic E-state index is 13.0. The zero-order valence-electron chi connectivity index (χ0n) is 17.9. The molecule has 0 spiro atoms. The van der Waals surface area contributed by atoms with Crippen molar-refractivity contribution in [2.45, 2.75) is 32.0 Å². The number of carbonyl (C=O) groups is 3. The van der Waals surface area contributed by atoms with E-state index in [9.17, 15) is 14.4 Å². The topological polar surface area (TPSA) is 105 Å². The molecule has 7 nitrogen and oxygen atoms in total. The minimum atomic E-state index is -0.866. The fourth-order valence-corrected chi connectivity index (χ4v) is 3.23. The molecule has 7 heteroatoms. The van der Waals surface area contributed by atoms with E-state index in [2.05, 4.69) is 10.6 Å². The highest BCUT2D eigenvalue weighted by Crippen LogP contribution is 2.06. The van der Waals surface area contributed by atoms with Crippen LogP contribution in [0.3, 0.4) is 0 Å². The Morgan fingerprint density at radius 1 is 0.875 bits per heavy atom. The third-order valence-electron chi connectivity index (χ3n) is 5.02. The van der Waals surface area contributed by atoms with E-state index in [0.717, 1.165) is 11.1 Å². The van der Waals surface area contributed by atoms with Gasteiger partial charge in [0.25, 0.3) is 5.91 Å². The van der Waals surface area contributed by atoms with Gasteiger partial charge in [0.1, 0.15) is 17.6 Å². The van der Waals surface area contributed by atoms with E-state index >= 15 is 0 Å². The van der Waals surface area contributed by atoms with Gasteiger partial charge in [-0.2, -0.15) is 4.57 Å². The molecule has 3 aromatic rings. The Hall–Kier alpha value is -4.00. The molecule has 2 aromatic carbocycles. The number of amides is 3. The molecule has 0 fully saturated rings. The molecule has 0 saturated heterocycles. The molecule has 164 valence electrons. The molecule has 0 aliphatic heterocycles. The van der Waals surface area contributed by atoms with Gasteiger partial charge >= 0.3 is 0 Å². The minimum absolute atomic E-state index is 0.279. The van der Waals surface area contributed by atoms with Crippen LogP contribution in [-0.2, 0) is 22.6 Å². The summed E-state index contributed by atoms with van der Waals surface area (Å²) in [6.45, 7) is 2.12. The van der Waals surface area contributed by atoms with Crippen molar-refractivity contribution in [1.82, 2.24) is 10.6 Å². The summed E-state index contributed by atoms with van der Waals surface area (Å²) >= 11 is 0. The third-order valence-corrected chi connectivity index (χ3v) is 5.02. The first kappa shape index (κ1) is 22.7. The number of nitrogens with two attached hydrogens (primary N) is 1. The van der Waals surface area contributed by atoms with Crippen molar-refractivity contribution in [3.63, 3.8) is 0 Å². The lowest BCUT2D eigenvalue weighted by atomic mass is 10.0. The van der Waals surface area contributed by atoms with Gasteiger partial charge in [0.05, 0.1) is 0 Å². The summed E-state index contributed by atoms with van der Waals surface area (Å²) in [5, 5.41) is 5.37. The fraction of sp³-hybridized carbons (Fsp3) is 0.200. The highest BCUT2D eigenvalue weighted by molar-refractivity contribution is 5.98. The van der Waals surface area contributed by atoms with E-state index in [1.54, 1.807) is 18.3 Å². The van der Waals surface area contributed by atoms with Crippen LogP contribution in [0.5, 0.6) is 0 Å². The summed E-state index contributed by atoms with van der Waals surface area (Å²) in [7, 11) is 0. The summed E-state index contributed by atoms with van der Waals surface area (Å²) in [6, 6.07) is 21.0. The standard InChI is InChI=1S/C25H26N4O3/c1-18(23(26)30)27-25(32)22(15-19-9-4-2-5-10-19)28-24(31)21-13-8-14-29(17-21)16-20-11-6-3-7-12-20/h2-14,17-18,22H,15-16H2,1H3,(H3-,26,27,28,30,31,32)/p+1. The number of nitrogens with one attached hydrogen (secondary N) is 2. The van der Waals surface area contributed by atoms with Crippen molar-refractivity contribution in [3.8, 4) is 0 Å². The summed E-state index contributed by atoms with van der Waals surface area (Å²) in [5.41, 5.74) is 7.68. The van der Waals surface area contributed by atoms with Crippen molar-refractivity contribution in [2.75, 3.05) is 0 Å². The van der Waals surface area contributed by atoms with Gasteiger partial charge < -0.3 is 16.4 Å². The highest BCUT2D eigenvalue weighted by Gasteiger charge is 2.25. The maximum atomic E-state index is 13.0. The molecule has 0 aliphatic carbocycles. The monoisotopic (exact) mass is 431 g/mol. The van der Waals surface area contributed by atoms with E-state index in [4.69, 9.17) is 5.73 Å². The Balaban J connectivity index is 1.75. The lowest BCUT2D eigenvalue weighted by Crippen LogP contribution is -2.53. The molecule has 0 aliphatic rings. The minimum Gasteiger partial charge on any atom is -0.368 e. The third kappa shape index (κ3) is 6.50. The van der Waals surface area contributed by atoms with Gasteiger partial charge in [-0.3, -0.25) is 14.4 Å². The van der Waals surface area contributed by atoms with E-state index in [0.29, 0.717) is 12.1 Å². The van der Waals surface area contributed by atoms with E-state index in [1.807, 2.05) is 71.4 Å². The molecule has 2 unspecified atom stereocenters. The summed E-state index contributed by atoms with van der Waals surface area (Å²) in [6.07, 6.45) is 3.90. The largest absolute Gasteiger partial charge is 0.368 e. The van der Waals surface area contributed by atoms with Crippen LogP contribution in [0.15, 0.2) is 85.2 Å². The Morgan fingerprint density at radius 3 is 2.12 bits per heavy atom. The van der Waals surface area contributed by atoms with Crippen molar-refractivity contribution < 1.29 is 19.0 Å². The van der Waals surface area contributed by atoms with Gasteiger partial charge in [-0.05, 0) is 18.6 Å². The Morgan fingerprint density at radius 2 is 1.50 bits per heavy atom. The maximum Gasteiger partial charge on any atom is 0.258 e. The van der Waals surface area contributed by atoms with Gasteiger partial charge in [-0.1, -0.05) is 60.7 Å². The second-order valence-electron chi connectivity index (χ2n) is 7.60. The summed E-state index contributed by atoms with van der Waals surface area (Å²) in [5.74, 6) is -1.50. The molecule has 0 saturated carbocycles. The van der Waals surface area contributed by atoms with Crippen molar-refractivity contribution >= 4 is 17.7 Å². The summed E-state index contributed by atoms with van der Waals surface area (Å²) in [4.78, 5) is 37.1. The molecule has 2 atom stereocenters. The smallest absolute Gasteiger partial charge is 0.258 e. The quantitative estimate of drug-likeness (QED) is 0.446. The summed E-state index contributed by atoms with van der Waals surface area (Å²) < 4.78 is 1.91. The highest BCUT2D eigenvalue weighted by atomic mass is 16.2. The number of nitrogens with zero attached hydrogens (tertiary/aromatic N) is 1. The lowest BCUT2D eigenvalue weighted by Gasteiger charge is -2.20. The van der Waals surface area contributed by atoms with E-state index in [1.165, 1.54) is 6.92 Å². The van der Waals surface area contributed by atoms with Crippen LogP contribution in [0.1, 0.15) is 28.4 Å². The molecule has 1 aromatic heterocycles. The zero-order valence-corrected chi connectivity index (χ0v) is 17.9. The van der Waals surface area contributed by atoms with Crippen LogP contribution in [0, 0.1) is 0 Å². The van der Waals surface area contributed by atoms with Crippen molar-refractivity contribution in [2.24, 2.45) is 5.73 Å². The molecule has 1 heterocycles. The van der Waals surface area contributed by atoms with Crippen LogP contribution < -0.4 is 20.9 Å². The van der Waals surface area contributed by atoms with E-state index < -0.39 is 23.9 Å². The van der Waals surface area contributed by atoms with Crippen LogP contribution in [0.25, 0.3) is 0 Å². The number of hydrogen-bond acceptors (Lipinski definition) is 3. The molecule has 3 rings (SSSR count). The molecular weight excluding hydrogens is 404 g/mol. The fourth-order valence-electron chi connectivity index (χ4n) is 3.23. The van der Waals surface area contributed by atoms with E-state index in [-0.39, 0.29) is 12.3 Å². The Kier molecular flexibility index (Phi) is 7.70. The number of carbonyl (C=O) groups excluding carboxylic acids is 3. The lowest BCUT2D eigenvalue weighted by molar-refractivity contribution is -0.688. The van der Waals surface area contributed by atoms with Crippen LogP contribution >= 0.6 is 0 Å². The first-order valence-corrected chi connectivity index (χ1v) is 10.4. The molecular formula is C25H27N4O3+. The first-order chi connectivity index (χ1) is 15.4. The second kappa shape index (κ2) is 10.9. The van der Waals surface area contributed by atoms with Crippen molar-refractivity contribution in [1.29, 1.82) is 0 Å². The van der Waals surface area contributed by atoms with Crippen LogP contribution in [0.2, 0.25) is 0 Å². The zero-order chi connectivity index (χ0) is 22.9. The molecule has 0 radical (unpaired) electrons. The average molecular weight is 432 g/mol. The number of aromatic nitrogens is 1. The predicted molar refractivity (Wildman–Crippen MR) is 120 cm³/mol. The Labute approximate surface area is 187 Å². The number of pyridine rings is 1. The number of hydrogen-bond donors (Lipinski definition) is 3. The van der Waals surface area contributed by atoms with Gasteiger partial charge in [0.2, 0.25) is 11.8 Å². The molecule has 3 amide bonds. The predicted octanol–water partition coefficient (Wildman–Crippen LogP) is 1.35.